The molecule has 1 aromatic heterocycles. The number of para-hydroxylation sites is 1. The first-order chi connectivity index (χ1) is 18.7. The molecule has 2 aliphatic heterocycles. The molecule has 1 atom stereocenters. The van der Waals surface area contributed by atoms with Crippen LogP contribution in [0.25, 0.3) is 11.0 Å². The fraction of sp³-hybridized carbons (Fsp3) is 0.429. The summed E-state index contributed by atoms with van der Waals surface area (Å²) in [7, 11) is 3.77. The molecule has 5 rings (SSSR count). The third kappa shape index (κ3) is 5.62. The number of aryl methyl sites for hydroxylation is 1. The van der Waals surface area contributed by atoms with Gasteiger partial charge in [-0.1, -0.05) is 24.3 Å². The van der Waals surface area contributed by atoms with Gasteiger partial charge >= 0.3 is 18.1 Å². The van der Waals surface area contributed by atoms with Crippen LogP contribution < -0.4 is 10.2 Å². The number of likely N-dealkylation sites (tertiary alicyclic amines) is 1. The van der Waals surface area contributed by atoms with Gasteiger partial charge in [0.1, 0.15) is 0 Å². The van der Waals surface area contributed by atoms with E-state index in [1.807, 2.05) is 67.2 Å². The van der Waals surface area contributed by atoms with Crippen molar-refractivity contribution >= 4 is 40.8 Å². The Morgan fingerprint density at radius 2 is 1.92 bits per heavy atom. The van der Waals surface area contributed by atoms with Crippen LogP contribution in [-0.2, 0) is 22.4 Å². The van der Waals surface area contributed by atoms with E-state index >= 15 is 0 Å². The maximum absolute atomic E-state index is 12.9. The summed E-state index contributed by atoms with van der Waals surface area (Å²) in [6.45, 7) is 3.31. The topological polar surface area (TPSA) is 131 Å². The van der Waals surface area contributed by atoms with Crippen molar-refractivity contribution in [1.29, 1.82) is 0 Å². The number of piperidine rings is 1. The number of aromatic amines is 1. The Labute approximate surface area is 226 Å². The standard InChI is InChI=1S/C28H34N6O5/c1-17-14-18(15-22-24(17)31-26(29-22)32(2)3)16-23(25(35)36)39-28(38)33-11-9-20(10-12-33)34-13-8-19-6-4-5-7-21(19)30-27(34)37/h4-7,14-15,20,23H,8-13,16H2,1-3H3,(H,29,31)(H,30,37)(H,35,36). The van der Waals surface area contributed by atoms with Gasteiger partial charge in [-0.15, -0.1) is 0 Å². The van der Waals surface area contributed by atoms with Gasteiger partial charge in [0, 0.05) is 51.9 Å². The third-order valence-corrected chi connectivity index (χ3v) is 7.51. The van der Waals surface area contributed by atoms with Gasteiger partial charge in [-0.25, -0.2) is 19.4 Å². The number of carboxylic acids is 1. The number of H-pyrrole nitrogens is 1. The highest BCUT2D eigenvalue weighted by Crippen LogP contribution is 2.26. The minimum absolute atomic E-state index is 0.00533. The van der Waals surface area contributed by atoms with Gasteiger partial charge < -0.3 is 34.8 Å². The highest BCUT2D eigenvalue weighted by Gasteiger charge is 2.33. The Kier molecular flexibility index (Phi) is 7.32. The van der Waals surface area contributed by atoms with Crippen LogP contribution >= 0.6 is 0 Å². The highest BCUT2D eigenvalue weighted by atomic mass is 16.6. The number of aliphatic carboxylic acids is 1. The summed E-state index contributed by atoms with van der Waals surface area (Å²) in [6, 6.07) is 11.4. The van der Waals surface area contributed by atoms with Crippen molar-refractivity contribution in [2.45, 2.75) is 44.8 Å². The van der Waals surface area contributed by atoms with Crippen LogP contribution in [0, 0.1) is 6.92 Å². The number of nitrogens with one attached hydrogen (secondary N) is 2. The lowest BCUT2D eigenvalue weighted by atomic mass is 10.0. The Morgan fingerprint density at radius 1 is 1.18 bits per heavy atom. The Balaban J connectivity index is 1.19. The fourth-order valence-electron chi connectivity index (χ4n) is 5.36. The molecule has 0 spiro atoms. The Bertz CT molecular complexity index is 1390. The van der Waals surface area contributed by atoms with E-state index in [9.17, 15) is 19.5 Å². The molecule has 206 valence electrons. The highest BCUT2D eigenvalue weighted by molar-refractivity contribution is 5.91. The van der Waals surface area contributed by atoms with Crippen LogP contribution in [0.1, 0.15) is 29.5 Å². The smallest absolute Gasteiger partial charge is 0.410 e. The number of anilines is 2. The van der Waals surface area contributed by atoms with E-state index in [2.05, 4.69) is 15.3 Å². The molecule has 0 radical (unpaired) electrons. The second kappa shape index (κ2) is 10.8. The lowest BCUT2D eigenvalue weighted by Crippen LogP contribution is -2.50. The van der Waals surface area contributed by atoms with E-state index in [4.69, 9.17) is 4.74 Å². The number of amides is 3. The summed E-state index contributed by atoms with van der Waals surface area (Å²) < 4.78 is 5.47. The maximum Gasteiger partial charge on any atom is 0.410 e. The number of ether oxygens (including phenoxy) is 1. The number of carbonyl (C=O) groups excluding carboxylic acids is 2. The molecular weight excluding hydrogens is 500 g/mol. The number of aromatic nitrogens is 2. The van der Waals surface area contributed by atoms with Crippen molar-refractivity contribution in [2.75, 3.05) is 43.9 Å². The van der Waals surface area contributed by atoms with Crippen LogP contribution in [0.5, 0.6) is 0 Å². The predicted molar refractivity (Wildman–Crippen MR) is 147 cm³/mol. The van der Waals surface area contributed by atoms with Crippen molar-refractivity contribution in [3.05, 3.63) is 53.1 Å². The predicted octanol–water partition coefficient (Wildman–Crippen LogP) is 3.62. The van der Waals surface area contributed by atoms with Crippen molar-refractivity contribution < 1.29 is 24.2 Å². The quantitative estimate of drug-likeness (QED) is 0.440. The second-order valence-electron chi connectivity index (χ2n) is 10.4. The summed E-state index contributed by atoms with van der Waals surface area (Å²) in [5.41, 5.74) is 5.22. The maximum atomic E-state index is 12.9. The monoisotopic (exact) mass is 534 g/mol. The Hall–Kier alpha value is -4.28. The molecule has 2 aromatic carbocycles. The fourth-order valence-corrected chi connectivity index (χ4v) is 5.36. The summed E-state index contributed by atoms with van der Waals surface area (Å²) in [5, 5.41) is 12.8. The minimum Gasteiger partial charge on any atom is -0.478 e. The lowest BCUT2D eigenvalue weighted by Gasteiger charge is -2.37. The molecule has 2 aliphatic rings. The molecular formula is C28H34N6O5. The number of hydrogen-bond acceptors (Lipinski definition) is 6. The summed E-state index contributed by atoms with van der Waals surface area (Å²) in [5.74, 6) is -0.496. The van der Waals surface area contributed by atoms with Crippen molar-refractivity contribution in [2.24, 2.45) is 0 Å². The second-order valence-corrected chi connectivity index (χ2v) is 10.4. The first-order valence-electron chi connectivity index (χ1n) is 13.2. The van der Waals surface area contributed by atoms with Crippen LogP contribution in [0.2, 0.25) is 0 Å². The van der Waals surface area contributed by atoms with Crippen LogP contribution in [0.4, 0.5) is 21.2 Å². The number of rotatable bonds is 6. The largest absolute Gasteiger partial charge is 0.478 e. The molecule has 1 saturated heterocycles. The first-order valence-corrected chi connectivity index (χ1v) is 13.2. The van der Waals surface area contributed by atoms with Gasteiger partial charge in [0.15, 0.2) is 0 Å². The van der Waals surface area contributed by atoms with Crippen LogP contribution in [-0.4, -0.2) is 88.8 Å². The van der Waals surface area contributed by atoms with E-state index in [0.717, 1.165) is 39.8 Å². The molecule has 3 N–H and O–H groups in total. The number of fused-ring (bicyclic) bond motifs is 2. The van der Waals surface area contributed by atoms with E-state index in [1.165, 1.54) is 4.90 Å². The SMILES string of the molecule is Cc1cc(CC(OC(=O)N2CCC(N3CCc4ccccc4NC3=O)CC2)C(=O)O)cc2nc(N(C)C)[nH]c12. The molecule has 11 nitrogen and oxygen atoms in total. The zero-order chi connectivity index (χ0) is 27.7. The first kappa shape index (κ1) is 26.3. The van der Waals surface area contributed by atoms with E-state index in [0.29, 0.717) is 38.4 Å². The minimum atomic E-state index is -1.32. The molecule has 0 aliphatic carbocycles. The molecule has 1 fully saturated rings. The number of carboxylic acid groups (broad SMARTS) is 1. The normalized spacial score (nSPS) is 16.8. The zero-order valence-electron chi connectivity index (χ0n) is 22.4. The lowest BCUT2D eigenvalue weighted by molar-refractivity contribution is -0.147. The van der Waals surface area contributed by atoms with Gasteiger partial charge in [-0.05, 0) is 55.0 Å². The molecule has 11 heteroatoms. The molecule has 3 aromatic rings. The van der Waals surface area contributed by atoms with Gasteiger partial charge in [0.25, 0.3) is 0 Å². The van der Waals surface area contributed by atoms with Gasteiger partial charge in [-0.2, -0.15) is 0 Å². The van der Waals surface area contributed by atoms with E-state index in [1.54, 1.807) is 0 Å². The number of imidazole rings is 1. The molecule has 0 bridgehead atoms. The van der Waals surface area contributed by atoms with Crippen LogP contribution in [0.15, 0.2) is 36.4 Å². The summed E-state index contributed by atoms with van der Waals surface area (Å²) in [6.07, 6.45) is 0.0136. The number of nitrogens with zero attached hydrogens (tertiary/aromatic N) is 4. The molecule has 39 heavy (non-hydrogen) atoms. The number of carbonyl (C=O) groups is 3. The molecule has 0 saturated carbocycles. The van der Waals surface area contributed by atoms with E-state index < -0.39 is 18.2 Å². The molecule has 3 amide bonds. The number of hydrogen-bond donors (Lipinski definition) is 3. The zero-order valence-corrected chi connectivity index (χ0v) is 22.4. The van der Waals surface area contributed by atoms with Crippen molar-refractivity contribution in [3.63, 3.8) is 0 Å². The molecule has 3 heterocycles. The van der Waals surface area contributed by atoms with E-state index in [-0.39, 0.29) is 18.5 Å². The average molecular weight is 535 g/mol. The Morgan fingerprint density at radius 3 is 2.64 bits per heavy atom. The van der Waals surface area contributed by atoms with Gasteiger partial charge in [-0.3, -0.25) is 0 Å². The molecule has 1 unspecified atom stereocenters. The van der Waals surface area contributed by atoms with Gasteiger partial charge in [0.05, 0.1) is 11.0 Å². The third-order valence-electron chi connectivity index (χ3n) is 7.51. The average Bonchev–Trinajstić information content (AvgIpc) is 3.27. The number of benzene rings is 2. The van der Waals surface area contributed by atoms with Crippen molar-refractivity contribution in [3.8, 4) is 0 Å². The van der Waals surface area contributed by atoms with Crippen LogP contribution in [0.3, 0.4) is 0 Å². The summed E-state index contributed by atoms with van der Waals surface area (Å²) >= 11 is 0. The van der Waals surface area contributed by atoms with Gasteiger partial charge in [0.2, 0.25) is 12.1 Å². The number of urea groups is 1. The summed E-state index contributed by atoms with van der Waals surface area (Å²) in [4.78, 5) is 50.9. The van der Waals surface area contributed by atoms with Crippen molar-refractivity contribution in [1.82, 2.24) is 19.8 Å².